The summed E-state index contributed by atoms with van der Waals surface area (Å²) in [6, 6.07) is 16.4. The number of furan rings is 1. The molecular weight excluding hydrogens is 318 g/mol. The van der Waals surface area contributed by atoms with Crippen LogP contribution in [0.15, 0.2) is 59.0 Å². The van der Waals surface area contributed by atoms with Gasteiger partial charge >= 0.3 is 5.97 Å². The van der Waals surface area contributed by atoms with Gasteiger partial charge in [0.2, 0.25) is 5.78 Å². The zero-order valence-electron chi connectivity index (χ0n) is 13.8. The van der Waals surface area contributed by atoms with E-state index in [9.17, 15) is 9.59 Å². The average Bonchev–Trinajstić information content (AvgIpc) is 3.20. The molecule has 0 N–H and O–H groups in total. The van der Waals surface area contributed by atoms with Gasteiger partial charge in [0.1, 0.15) is 11.3 Å². The number of aryl methyl sites for hydroxylation is 1. The molecule has 0 aliphatic heterocycles. The van der Waals surface area contributed by atoms with E-state index in [1.54, 1.807) is 29.8 Å². The quantitative estimate of drug-likeness (QED) is 0.421. The number of methoxy groups -OCH3 is 1. The number of ether oxygens (including phenoxy) is 1. The molecule has 4 rings (SSSR count). The van der Waals surface area contributed by atoms with E-state index in [2.05, 4.69) is 0 Å². The van der Waals surface area contributed by atoms with Crippen molar-refractivity contribution in [3.05, 3.63) is 71.6 Å². The summed E-state index contributed by atoms with van der Waals surface area (Å²) in [5.41, 5.74) is 1.92. The highest BCUT2D eigenvalue weighted by atomic mass is 16.5. The van der Waals surface area contributed by atoms with Crippen molar-refractivity contribution in [2.45, 2.75) is 0 Å². The first kappa shape index (κ1) is 15.2. The highest BCUT2D eigenvalue weighted by Crippen LogP contribution is 2.29. The molecule has 0 saturated heterocycles. The number of carbonyl (C=O) groups is 2. The van der Waals surface area contributed by atoms with Crippen LogP contribution in [0.25, 0.3) is 21.9 Å². The molecule has 0 aliphatic rings. The van der Waals surface area contributed by atoms with Crippen molar-refractivity contribution < 1.29 is 18.7 Å². The van der Waals surface area contributed by atoms with Crippen molar-refractivity contribution in [3.63, 3.8) is 0 Å². The SMILES string of the molecule is COC(=O)c1c(C(=O)c2cc3ccccc3o2)n(C)c2ccccc12. The second kappa shape index (κ2) is 5.63. The third-order valence-electron chi connectivity index (χ3n) is 4.36. The van der Waals surface area contributed by atoms with Gasteiger partial charge in [0.15, 0.2) is 5.76 Å². The molecule has 5 heteroatoms. The van der Waals surface area contributed by atoms with Gasteiger partial charge in [0.05, 0.1) is 12.7 Å². The predicted octanol–water partition coefficient (Wildman–Crippen LogP) is 3.94. The van der Waals surface area contributed by atoms with Gasteiger partial charge in [0.25, 0.3) is 0 Å². The molecule has 0 amide bonds. The zero-order valence-corrected chi connectivity index (χ0v) is 13.8. The Labute approximate surface area is 143 Å². The van der Waals surface area contributed by atoms with E-state index < -0.39 is 5.97 Å². The minimum Gasteiger partial charge on any atom is -0.465 e. The number of esters is 1. The first-order valence-electron chi connectivity index (χ1n) is 7.81. The maximum Gasteiger partial charge on any atom is 0.340 e. The smallest absolute Gasteiger partial charge is 0.340 e. The molecule has 124 valence electrons. The molecule has 0 fully saturated rings. The van der Waals surface area contributed by atoms with Crippen LogP contribution >= 0.6 is 0 Å². The van der Waals surface area contributed by atoms with Crippen LogP contribution in [0.5, 0.6) is 0 Å². The normalized spacial score (nSPS) is 11.1. The van der Waals surface area contributed by atoms with Crippen molar-refractivity contribution in [1.82, 2.24) is 4.57 Å². The molecule has 0 atom stereocenters. The van der Waals surface area contributed by atoms with Gasteiger partial charge in [-0.25, -0.2) is 4.79 Å². The lowest BCUT2D eigenvalue weighted by Gasteiger charge is -2.04. The van der Waals surface area contributed by atoms with Crippen LogP contribution in [0.2, 0.25) is 0 Å². The molecule has 0 spiro atoms. The van der Waals surface area contributed by atoms with E-state index in [1.165, 1.54) is 7.11 Å². The summed E-state index contributed by atoms with van der Waals surface area (Å²) in [4.78, 5) is 25.5. The van der Waals surface area contributed by atoms with E-state index in [4.69, 9.17) is 9.15 Å². The molecule has 2 aromatic carbocycles. The summed E-state index contributed by atoms with van der Waals surface area (Å²) in [6.07, 6.45) is 0. The number of hydrogen-bond acceptors (Lipinski definition) is 4. The lowest BCUT2D eigenvalue weighted by molar-refractivity contribution is 0.0599. The van der Waals surface area contributed by atoms with Gasteiger partial charge in [-0.1, -0.05) is 36.4 Å². The Hall–Kier alpha value is -3.34. The van der Waals surface area contributed by atoms with Crippen molar-refractivity contribution in [3.8, 4) is 0 Å². The number of carbonyl (C=O) groups excluding carboxylic acids is 2. The second-order valence-electron chi connectivity index (χ2n) is 5.77. The maximum absolute atomic E-state index is 13.1. The lowest BCUT2D eigenvalue weighted by Crippen LogP contribution is -2.13. The molecule has 2 aromatic heterocycles. The van der Waals surface area contributed by atoms with Crippen LogP contribution in [0, 0.1) is 0 Å². The Kier molecular flexibility index (Phi) is 3.42. The molecule has 4 aromatic rings. The third-order valence-corrected chi connectivity index (χ3v) is 4.36. The van der Waals surface area contributed by atoms with Crippen molar-refractivity contribution in [2.24, 2.45) is 7.05 Å². The lowest BCUT2D eigenvalue weighted by atomic mass is 10.1. The van der Waals surface area contributed by atoms with E-state index in [0.717, 1.165) is 10.9 Å². The summed E-state index contributed by atoms with van der Waals surface area (Å²) < 4.78 is 12.3. The van der Waals surface area contributed by atoms with Gasteiger partial charge in [-0.3, -0.25) is 4.79 Å². The number of aromatic nitrogens is 1. The number of hydrogen-bond donors (Lipinski definition) is 0. The molecule has 5 nitrogen and oxygen atoms in total. The Balaban J connectivity index is 1.97. The molecule has 2 heterocycles. The van der Waals surface area contributed by atoms with E-state index in [-0.39, 0.29) is 22.8 Å². The second-order valence-corrected chi connectivity index (χ2v) is 5.77. The molecule has 25 heavy (non-hydrogen) atoms. The Bertz CT molecular complexity index is 1100. The number of fused-ring (bicyclic) bond motifs is 2. The molecular formula is C20H15NO4. The van der Waals surface area contributed by atoms with E-state index >= 15 is 0 Å². The fraction of sp³-hybridized carbons (Fsp3) is 0.100. The third kappa shape index (κ3) is 2.24. The number of para-hydroxylation sites is 2. The monoisotopic (exact) mass is 333 g/mol. The van der Waals surface area contributed by atoms with Crippen molar-refractivity contribution in [2.75, 3.05) is 7.11 Å². The van der Waals surface area contributed by atoms with Crippen LogP contribution in [0.4, 0.5) is 0 Å². The Morgan fingerprint density at radius 3 is 2.52 bits per heavy atom. The largest absolute Gasteiger partial charge is 0.465 e. The zero-order chi connectivity index (χ0) is 17.6. The molecule has 0 radical (unpaired) electrons. The molecule has 0 saturated carbocycles. The first-order chi connectivity index (χ1) is 12.1. The van der Waals surface area contributed by atoms with Gasteiger partial charge in [-0.2, -0.15) is 0 Å². The topological polar surface area (TPSA) is 61.4 Å². The van der Waals surface area contributed by atoms with Crippen LogP contribution in [0.1, 0.15) is 26.6 Å². The summed E-state index contributed by atoms with van der Waals surface area (Å²) in [5, 5.41) is 1.51. The van der Waals surface area contributed by atoms with Crippen LogP contribution < -0.4 is 0 Å². The van der Waals surface area contributed by atoms with Gasteiger partial charge in [-0.15, -0.1) is 0 Å². The highest BCUT2D eigenvalue weighted by Gasteiger charge is 2.28. The summed E-state index contributed by atoms with van der Waals surface area (Å²) >= 11 is 0. The molecule has 0 bridgehead atoms. The Morgan fingerprint density at radius 1 is 1.04 bits per heavy atom. The average molecular weight is 333 g/mol. The fourth-order valence-electron chi connectivity index (χ4n) is 3.18. The first-order valence-corrected chi connectivity index (χ1v) is 7.81. The summed E-state index contributed by atoms with van der Waals surface area (Å²) in [5.74, 6) is -0.705. The number of benzene rings is 2. The molecule has 0 unspecified atom stereocenters. The van der Waals surface area contributed by atoms with Crippen molar-refractivity contribution in [1.29, 1.82) is 0 Å². The number of nitrogens with zero attached hydrogens (tertiary/aromatic N) is 1. The van der Waals surface area contributed by atoms with Crippen LogP contribution in [0.3, 0.4) is 0 Å². The van der Waals surface area contributed by atoms with Gasteiger partial charge < -0.3 is 13.7 Å². The number of rotatable bonds is 3. The Morgan fingerprint density at radius 2 is 1.76 bits per heavy atom. The minimum absolute atomic E-state index is 0.192. The van der Waals surface area contributed by atoms with Gasteiger partial charge in [0, 0.05) is 23.3 Å². The number of ketones is 1. The van der Waals surface area contributed by atoms with E-state index in [1.807, 2.05) is 36.4 Å². The highest BCUT2D eigenvalue weighted by molar-refractivity contribution is 6.19. The summed E-state index contributed by atoms with van der Waals surface area (Å²) in [6.45, 7) is 0. The predicted molar refractivity (Wildman–Crippen MR) is 93.9 cm³/mol. The minimum atomic E-state index is -0.545. The van der Waals surface area contributed by atoms with Crippen molar-refractivity contribution >= 4 is 33.6 Å². The standard InChI is InChI=1S/C20H15NO4/c1-21-14-9-5-4-8-13(14)17(20(23)24-2)18(21)19(22)16-11-12-7-3-6-10-15(12)25-16/h3-11H,1-2H3. The van der Waals surface area contributed by atoms with E-state index in [0.29, 0.717) is 11.0 Å². The van der Waals surface area contributed by atoms with Gasteiger partial charge in [-0.05, 0) is 18.2 Å². The maximum atomic E-state index is 13.1. The van der Waals surface area contributed by atoms with Crippen LogP contribution in [-0.2, 0) is 11.8 Å². The van der Waals surface area contributed by atoms with Crippen LogP contribution in [-0.4, -0.2) is 23.4 Å². The summed E-state index contributed by atoms with van der Waals surface area (Å²) in [7, 11) is 3.06. The fourth-order valence-corrected chi connectivity index (χ4v) is 3.18. The molecule has 0 aliphatic carbocycles.